The molecule has 1 aliphatic heterocycles. The Balaban J connectivity index is 1.25. The van der Waals surface area contributed by atoms with Gasteiger partial charge in [-0.25, -0.2) is 4.98 Å². The largest absolute Gasteiger partial charge is 0.494 e. The molecule has 1 aromatic heterocycles. The van der Waals surface area contributed by atoms with Crippen LogP contribution in [-0.4, -0.2) is 34.1 Å². The Morgan fingerprint density at radius 3 is 2.85 bits per heavy atom. The van der Waals surface area contributed by atoms with Crippen LogP contribution in [0.2, 0.25) is 0 Å². The van der Waals surface area contributed by atoms with Crippen molar-refractivity contribution in [1.29, 1.82) is 0 Å². The van der Waals surface area contributed by atoms with E-state index in [4.69, 9.17) is 4.74 Å². The van der Waals surface area contributed by atoms with Crippen LogP contribution in [0.3, 0.4) is 0 Å². The Morgan fingerprint density at radius 2 is 1.96 bits per heavy atom. The molecule has 0 saturated heterocycles. The van der Waals surface area contributed by atoms with Crippen LogP contribution in [0.25, 0.3) is 10.9 Å². The molecule has 0 aliphatic carbocycles. The van der Waals surface area contributed by atoms with Gasteiger partial charge in [0, 0.05) is 20.1 Å². The number of hydrogen-bond donors (Lipinski definition) is 0. The smallest absolute Gasteiger partial charge is 0.261 e. The van der Waals surface area contributed by atoms with Gasteiger partial charge in [0.05, 0.1) is 23.8 Å². The highest BCUT2D eigenvalue weighted by molar-refractivity contribution is 5.78. The molecule has 2 aromatic carbocycles. The highest BCUT2D eigenvalue weighted by atomic mass is 16.5. The van der Waals surface area contributed by atoms with E-state index < -0.39 is 0 Å². The van der Waals surface area contributed by atoms with Gasteiger partial charge in [0.25, 0.3) is 5.56 Å². The summed E-state index contributed by atoms with van der Waals surface area (Å²) in [5.74, 6) is 0.736. The van der Waals surface area contributed by atoms with Gasteiger partial charge in [-0.05, 0) is 55.1 Å². The summed E-state index contributed by atoms with van der Waals surface area (Å²) in [6.45, 7) is 3.95. The predicted molar refractivity (Wildman–Crippen MR) is 107 cm³/mol. The summed E-state index contributed by atoms with van der Waals surface area (Å²) in [7, 11) is 1.71. The van der Waals surface area contributed by atoms with E-state index >= 15 is 0 Å². The summed E-state index contributed by atoms with van der Waals surface area (Å²) in [6.07, 6.45) is 4.80. The molecule has 5 nitrogen and oxygen atoms in total. The molecule has 0 spiro atoms. The highest BCUT2D eigenvalue weighted by Crippen LogP contribution is 2.19. The van der Waals surface area contributed by atoms with Gasteiger partial charge in [0.2, 0.25) is 0 Å². The number of aryl methyl sites for hydroxylation is 1. The van der Waals surface area contributed by atoms with Crippen LogP contribution in [0, 0.1) is 0 Å². The highest BCUT2D eigenvalue weighted by Gasteiger charge is 2.14. The van der Waals surface area contributed by atoms with E-state index in [1.807, 2.05) is 12.1 Å². The second-order valence-corrected chi connectivity index (χ2v) is 7.19. The lowest BCUT2D eigenvalue weighted by Crippen LogP contribution is -2.31. The lowest BCUT2D eigenvalue weighted by atomic mass is 10.00. The minimum absolute atomic E-state index is 0.0455. The monoisotopic (exact) mass is 363 g/mol. The maximum Gasteiger partial charge on any atom is 0.261 e. The van der Waals surface area contributed by atoms with Gasteiger partial charge in [0.1, 0.15) is 5.75 Å². The van der Waals surface area contributed by atoms with Crippen molar-refractivity contribution >= 4 is 10.9 Å². The summed E-state index contributed by atoms with van der Waals surface area (Å²) < 4.78 is 7.35. The number of rotatable bonds is 6. The zero-order chi connectivity index (χ0) is 18.6. The Kier molecular flexibility index (Phi) is 5.21. The summed E-state index contributed by atoms with van der Waals surface area (Å²) in [6, 6.07) is 14.3. The number of ether oxygens (including phenoxy) is 1. The Labute approximate surface area is 159 Å². The Bertz CT molecular complexity index is 996. The fraction of sp³-hybridized carbons (Fsp3) is 0.364. The number of hydrogen-bond acceptors (Lipinski definition) is 4. The van der Waals surface area contributed by atoms with Crippen molar-refractivity contribution in [2.45, 2.75) is 25.8 Å². The SMILES string of the molecule is Cn1cnc2ccc(OCCCCN3CCc4ccccc4C3)cc2c1=O. The lowest BCUT2D eigenvalue weighted by molar-refractivity contribution is 0.235. The van der Waals surface area contributed by atoms with Crippen LogP contribution in [0.1, 0.15) is 24.0 Å². The quantitative estimate of drug-likeness (QED) is 0.631. The van der Waals surface area contributed by atoms with E-state index in [1.54, 1.807) is 19.4 Å². The van der Waals surface area contributed by atoms with Crippen LogP contribution < -0.4 is 10.3 Å². The molecule has 0 fully saturated rings. The molecule has 0 atom stereocenters. The lowest BCUT2D eigenvalue weighted by Gasteiger charge is -2.28. The van der Waals surface area contributed by atoms with Gasteiger partial charge < -0.3 is 9.30 Å². The van der Waals surface area contributed by atoms with Gasteiger partial charge in [-0.2, -0.15) is 0 Å². The average molecular weight is 363 g/mol. The van der Waals surface area contributed by atoms with E-state index in [1.165, 1.54) is 15.7 Å². The van der Waals surface area contributed by atoms with Gasteiger partial charge in [-0.1, -0.05) is 24.3 Å². The number of nitrogens with zero attached hydrogens (tertiary/aromatic N) is 3. The third kappa shape index (κ3) is 4.03. The van der Waals surface area contributed by atoms with Crippen LogP contribution in [0.5, 0.6) is 5.75 Å². The van der Waals surface area contributed by atoms with E-state index in [0.717, 1.165) is 44.6 Å². The Morgan fingerprint density at radius 1 is 1.11 bits per heavy atom. The van der Waals surface area contributed by atoms with Gasteiger partial charge in [-0.3, -0.25) is 9.69 Å². The first-order valence-electron chi connectivity index (χ1n) is 9.58. The number of unbranched alkanes of at least 4 members (excludes halogenated alkanes) is 1. The molecule has 0 unspecified atom stereocenters. The minimum atomic E-state index is -0.0455. The summed E-state index contributed by atoms with van der Waals surface area (Å²) >= 11 is 0. The second kappa shape index (κ2) is 7.92. The van der Waals surface area contributed by atoms with Gasteiger partial charge in [-0.15, -0.1) is 0 Å². The van der Waals surface area contributed by atoms with Crippen molar-refractivity contribution in [1.82, 2.24) is 14.5 Å². The van der Waals surface area contributed by atoms with Gasteiger partial charge >= 0.3 is 0 Å². The molecular formula is C22H25N3O2. The zero-order valence-electron chi connectivity index (χ0n) is 15.7. The number of fused-ring (bicyclic) bond motifs is 2. The molecule has 0 radical (unpaired) electrons. The molecule has 0 saturated carbocycles. The van der Waals surface area contributed by atoms with Gasteiger partial charge in [0.15, 0.2) is 0 Å². The standard InChI is InChI=1S/C22H25N3O2/c1-24-16-23-21-9-8-19(14-20(21)22(24)26)27-13-5-4-11-25-12-10-17-6-2-3-7-18(17)15-25/h2-3,6-9,14,16H,4-5,10-13,15H2,1H3. The molecule has 0 N–H and O–H groups in total. The fourth-order valence-electron chi connectivity index (χ4n) is 3.65. The van der Waals surface area contributed by atoms with Crippen molar-refractivity contribution in [2.24, 2.45) is 7.05 Å². The third-order valence-corrected chi connectivity index (χ3v) is 5.24. The van der Waals surface area contributed by atoms with Crippen LogP contribution in [0.4, 0.5) is 0 Å². The molecule has 5 heteroatoms. The van der Waals surface area contributed by atoms with E-state index in [-0.39, 0.29) is 5.56 Å². The fourth-order valence-corrected chi connectivity index (χ4v) is 3.65. The van der Waals surface area contributed by atoms with Crippen LogP contribution in [0.15, 0.2) is 53.6 Å². The summed E-state index contributed by atoms with van der Waals surface area (Å²) in [4.78, 5) is 19.0. The topological polar surface area (TPSA) is 47.4 Å². The molecule has 1 aliphatic rings. The summed E-state index contributed by atoms with van der Waals surface area (Å²) in [5.41, 5.74) is 3.62. The van der Waals surface area contributed by atoms with E-state index in [0.29, 0.717) is 17.5 Å². The number of aromatic nitrogens is 2. The van der Waals surface area contributed by atoms with Crippen molar-refractivity contribution < 1.29 is 4.74 Å². The van der Waals surface area contributed by atoms with Crippen LogP contribution in [-0.2, 0) is 20.0 Å². The maximum atomic E-state index is 12.2. The molecular weight excluding hydrogens is 338 g/mol. The van der Waals surface area contributed by atoms with Crippen molar-refractivity contribution in [2.75, 3.05) is 19.7 Å². The molecule has 4 rings (SSSR count). The third-order valence-electron chi connectivity index (χ3n) is 5.24. The molecule has 0 amide bonds. The first-order valence-corrected chi connectivity index (χ1v) is 9.58. The van der Waals surface area contributed by atoms with Crippen molar-refractivity contribution in [3.63, 3.8) is 0 Å². The second-order valence-electron chi connectivity index (χ2n) is 7.19. The maximum absolute atomic E-state index is 12.2. The molecule has 140 valence electrons. The van der Waals surface area contributed by atoms with E-state index in [9.17, 15) is 4.79 Å². The van der Waals surface area contributed by atoms with Crippen LogP contribution >= 0.6 is 0 Å². The number of benzene rings is 2. The zero-order valence-corrected chi connectivity index (χ0v) is 15.7. The normalized spacial score (nSPS) is 14.3. The Hall–Kier alpha value is -2.66. The van der Waals surface area contributed by atoms with E-state index in [2.05, 4.69) is 34.1 Å². The molecule has 27 heavy (non-hydrogen) atoms. The summed E-state index contributed by atoms with van der Waals surface area (Å²) in [5, 5.41) is 0.601. The molecule has 2 heterocycles. The predicted octanol–water partition coefficient (Wildman–Crippen LogP) is 3.15. The first kappa shape index (κ1) is 17.7. The molecule has 3 aromatic rings. The average Bonchev–Trinajstić information content (AvgIpc) is 2.70. The minimum Gasteiger partial charge on any atom is -0.494 e. The first-order chi connectivity index (χ1) is 13.2. The van der Waals surface area contributed by atoms with Crippen molar-refractivity contribution in [3.05, 3.63) is 70.3 Å². The molecule has 0 bridgehead atoms. The van der Waals surface area contributed by atoms with Crippen molar-refractivity contribution in [3.8, 4) is 5.75 Å².